The zero-order valence-corrected chi connectivity index (χ0v) is 12.3. The van der Waals surface area contributed by atoms with Gasteiger partial charge in [0.1, 0.15) is 5.69 Å². The van der Waals surface area contributed by atoms with E-state index in [0.717, 1.165) is 10.9 Å². The minimum Gasteiger partial charge on any atom is -0.340 e. The Kier molecular flexibility index (Phi) is 4.68. The number of carbonyl (C=O) groups excluding carboxylic acids is 1. The highest BCUT2D eigenvalue weighted by atomic mass is 79.9. The van der Waals surface area contributed by atoms with Crippen molar-refractivity contribution in [1.29, 1.82) is 0 Å². The van der Waals surface area contributed by atoms with Crippen LogP contribution in [0, 0.1) is 0 Å². The molecule has 0 atom stereocenters. The fraction of sp³-hybridized carbons (Fsp3) is 0.200. The van der Waals surface area contributed by atoms with Crippen LogP contribution in [-0.4, -0.2) is 29.4 Å². The van der Waals surface area contributed by atoms with Crippen molar-refractivity contribution in [3.05, 3.63) is 64.4 Å². The van der Waals surface area contributed by atoms with Crippen molar-refractivity contribution in [2.24, 2.45) is 0 Å². The third-order valence-corrected chi connectivity index (χ3v) is 3.34. The van der Waals surface area contributed by atoms with Crippen LogP contribution >= 0.6 is 15.9 Å². The molecule has 1 amide bonds. The summed E-state index contributed by atoms with van der Waals surface area (Å²) in [7, 11) is 1.80. The lowest BCUT2D eigenvalue weighted by molar-refractivity contribution is 0.0791. The van der Waals surface area contributed by atoms with Crippen molar-refractivity contribution in [2.75, 3.05) is 13.6 Å². The number of halogens is 1. The van der Waals surface area contributed by atoms with Crippen LogP contribution in [-0.2, 0) is 6.42 Å². The molecule has 0 radical (unpaired) electrons. The first-order valence-electron chi connectivity index (χ1n) is 6.08. The Labute approximate surface area is 121 Å². The molecule has 1 heterocycles. The molecule has 0 spiro atoms. The van der Waals surface area contributed by atoms with Gasteiger partial charge in [-0.15, -0.1) is 0 Å². The molecule has 0 saturated carbocycles. The van der Waals surface area contributed by atoms with Gasteiger partial charge in [-0.1, -0.05) is 30.3 Å². The number of hydrogen-bond acceptors (Lipinski definition) is 2. The summed E-state index contributed by atoms with van der Waals surface area (Å²) in [5, 5.41) is 0. The van der Waals surface area contributed by atoms with Crippen LogP contribution in [0.3, 0.4) is 0 Å². The van der Waals surface area contributed by atoms with E-state index in [0.29, 0.717) is 12.2 Å². The van der Waals surface area contributed by atoms with Crippen molar-refractivity contribution in [2.45, 2.75) is 6.42 Å². The number of benzene rings is 1. The van der Waals surface area contributed by atoms with Crippen molar-refractivity contribution in [3.8, 4) is 0 Å². The van der Waals surface area contributed by atoms with E-state index in [2.05, 4.69) is 33.0 Å². The fourth-order valence-corrected chi connectivity index (χ4v) is 1.98. The molecule has 0 fully saturated rings. The first kappa shape index (κ1) is 13.7. The third-order valence-electron chi connectivity index (χ3n) is 2.87. The maximum atomic E-state index is 12.1. The van der Waals surface area contributed by atoms with Gasteiger partial charge in [0.25, 0.3) is 5.91 Å². The van der Waals surface area contributed by atoms with Crippen LogP contribution in [0.1, 0.15) is 16.1 Å². The highest BCUT2D eigenvalue weighted by molar-refractivity contribution is 9.10. The third kappa shape index (κ3) is 3.89. The molecule has 3 nitrogen and oxygen atoms in total. The van der Waals surface area contributed by atoms with Crippen molar-refractivity contribution >= 4 is 21.8 Å². The Morgan fingerprint density at radius 1 is 1.21 bits per heavy atom. The monoisotopic (exact) mass is 318 g/mol. The number of pyridine rings is 1. The van der Waals surface area contributed by atoms with Crippen molar-refractivity contribution in [1.82, 2.24) is 9.88 Å². The number of nitrogens with zero attached hydrogens (tertiary/aromatic N) is 2. The van der Waals surface area contributed by atoms with E-state index in [-0.39, 0.29) is 5.91 Å². The van der Waals surface area contributed by atoms with E-state index in [9.17, 15) is 4.79 Å². The largest absolute Gasteiger partial charge is 0.340 e. The summed E-state index contributed by atoms with van der Waals surface area (Å²) in [6.45, 7) is 0.681. The minimum absolute atomic E-state index is 0.0524. The van der Waals surface area contributed by atoms with Crippen LogP contribution in [0.15, 0.2) is 53.1 Å². The second-order valence-electron chi connectivity index (χ2n) is 4.32. The van der Waals surface area contributed by atoms with E-state index in [4.69, 9.17) is 0 Å². The van der Waals surface area contributed by atoms with Gasteiger partial charge in [0.2, 0.25) is 0 Å². The zero-order chi connectivity index (χ0) is 13.7. The first-order chi connectivity index (χ1) is 9.16. The van der Waals surface area contributed by atoms with Gasteiger partial charge in [-0.2, -0.15) is 0 Å². The second kappa shape index (κ2) is 6.48. The molecule has 0 N–H and O–H groups in total. The molecule has 4 heteroatoms. The Morgan fingerprint density at radius 2 is 1.95 bits per heavy atom. The molecule has 2 rings (SSSR count). The van der Waals surface area contributed by atoms with Crippen LogP contribution < -0.4 is 0 Å². The molecular formula is C15H15BrN2O. The molecule has 0 aliphatic heterocycles. The summed E-state index contributed by atoms with van der Waals surface area (Å²) in [4.78, 5) is 17.9. The summed E-state index contributed by atoms with van der Waals surface area (Å²) >= 11 is 3.31. The van der Waals surface area contributed by atoms with Gasteiger partial charge < -0.3 is 4.90 Å². The Bertz CT molecular complexity index is 540. The van der Waals surface area contributed by atoms with Gasteiger partial charge in [-0.25, -0.2) is 4.98 Å². The number of likely N-dealkylation sites (N-methyl/N-ethyl adjacent to an activating group) is 1. The summed E-state index contributed by atoms with van der Waals surface area (Å²) in [5.41, 5.74) is 1.70. The number of hydrogen-bond donors (Lipinski definition) is 0. The molecule has 0 unspecified atom stereocenters. The predicted molar refractivity (Wildman–Crippen MR) is 79.0 cm³/mol. The maximum Gasteiger partial charge on any atom is 0.272 e. The van der Waals surface area contributed by atoms with Gasteiger partial charge in [0.05, 0.1) is 0 Å². The average Bonchev–Trinajstić information content (AvgIpc) is 2.46. The fourth-order valence-electron chi connectivity index (χ4n) is 1.74. The smallest absolute Gasteiger partial charge is 0.272 e. The molecule has 1 aromatic carbocycles. The minimum atomic E-state index is -0.0524. The number of carbonyl (C=O) groups is 1. The molecule has 0 aliphatic rings. The molecule has 0 aliphatic carbocycles. The molecule has 98 valence electrons. The summed E-state index contributed by atoms with van der Waals surface area (Å²) in [6, 6.07) is 13.7. The van der Waals surface area contributed by atoms with Crippen LogP contribution in [0.25, 0.3) is 0 Å². The standard InChI is InChI=1S/C15H15BrN2O/c1-18(10-9-12-5-3-2-4-6-12)15(19)14-8-7-13(16)11-17-14/h2-8,11H,9-10H2,1H3. The summed E-state index contributed by atoms with van der Waals surface area (Å²) in [5.74, 6) is -0.0524. The van der Waals surface area contributed by atoms with Gasteiger partial charge in [-0.05, 0) is 40.0 Å². The van der Waals surface area contributed by atoms with E-state index >= 15 is 0 Å². The van der Waals surface area contributed by atoms with E-state index in [1.165, 1.54) is 5.56 Å². The lowest BCUT2D eigenvalue weighted by Gasteiger charge is -2.16. The number of aromatic nitrogens is 1. The van der Waals surface area contributed by atoms with Gasteiger partial charge in [0.15, 0.2) is 0 Å². The second-order valence-corrected chi connectivity index (χ2v) is 5.24. The molecule has 0 bridgehead atoms. The van der Waals surface area contributed by atoms with Gasteiger partial charge in [0, 0.05) is 24.3 Å². The number of rotatable bonds is 4. The van der Waals surface area contributed by atoms with Gasteiger partial charge >= 0.3 is 0 Å². The van der Waals surface area contributed by atoms with E-state index in [1.54, 1.807) is 24.2 Å². The Morgan fingerprint density at radius 3 is 2.58 bits per heavy atom. The highest BCUT2D eigenvalue weighted by Crippen LogP contribution is 2.09. The van der Waals surface area contributed by atoms with Crippen molar-refractivity contribution in [3.63, 3.8) is 0 Å². The Balaban J connectivity index is 1.94. The lowest BCUT2D eigenvalue weighted by atomic mass is 10.1. The van der Waals surface area contributed by atoms with Crippen LogP contribution in [0.4, 0.5) is 0 Å². The average molecular weight is 319 g/mol. The normalized spacial score (nSPS) is 10.2. The quantitative estimate of drug-likeness (QED) is 0.867. The van der Waals surface area contributed by atoms with E-state index < -0.39 is 0 Å². The summed E-state index contributed by atoms with van der Waals surface area (Å²) in [6.07, 6.45) is 2.48. The molecule has 19 heavy (non-hydrogen) atoms. The SMILES string of the molecule is CN(CCc1ccccc1)C(=O)c1ccc(Br)cn1. The molecule has 0 saturated heterocycles. The van der Waals surface area contributed by atoms with Crippen LogP contribution in [0.2, 0.25) is 0 Å². The molecule has 1 aromatic heterocycles. The first-order valence-corrected chi connectivity index (χ1v) is 6.87. The van der Waals surface area contributed by atoms with Crippen molar-refractivity contribution < 1.29 is 4.79 Å². The summed E-state index contributed by atoms with van der Waals surface area (Å²) < 4.78 is 0.871. The number of amides is 1. The van der Waals surface area contributed by atoms with E-state index in [1.807, 2.05) is 24.3 Å². The molecular weight excluding hydrogens is 304 g/mol. The lowest BCUT2D eigenvalue weighted by Crippen LogP contribution is -2.29. The maximum absolute atomic E-state index is 12.1. The van der Waals surface area contributed by atoms with Crippen LogP contribution in [0.5, 0.6) is 0 Å². The Hall–Kier alpha value is -1.68. The highest BCUT2D eigenvalue weighted by Gasteiger charge is 2.12. The predicted octanol–water partition coefficient (Wildman–Crippen LogP) is 3.16. The molecule has 2 aromatic rings. The zero-order valence-electron chi connectivity index (χ0n) is 10.7. The topological polar surface area (TPSA) is 33.2 Å². The van der Waals surface area contributed by atoms with Gasteiger partial charge in [-0.3, -0.25) is 4.79 Å².